The van der Waals surface area contributed by atoms with E-state index in [1.807, 2.05) is 0 Å². The molecule has 0 aromatic carbocycles. The summed E-state index contributed by atoms with van der Waals surface area (Å²) in [5.41, 5.74) is 0.241. The summed E-state index contributed by atoms with van der Waals surface area (Å²) in [6, 6.07) is 0. The van der Waals surface area contributed by atoms with Crippen LogP contribution in [0.25, 0.3) is 0 Å². The molecule has 76 valence electrons. The summed E-state index contributed by atoms with van der Waals surface area (Å²) in [7, 11) is 0. The summed E-state index contributed by atoms with van der Waals surface area (Å²) in [5, 5.41) is 8.66. The lowest BCUT2D eigenvalue weighted by molar-refractivity contribution is -0.123. The van der Waals surface area contributed by atoms with Crippen molar-refractivity contribution in [3.05, 3.63) is 0 Å². The molecule has 0 radical (unpaired) electrons. The zero-order valence-electron chi connectivity index (χ0n) is 8.51. The van der Waals surface area contributed by atoms with E-state index < -0.39 is 0 Å². The van der Waals surface area contributed by atoms with Gasteiger partial charge in [-0.05, 0) is 31.1 Å². The highest BCUT2D eigenvalue weighted by Gasteiger charge is 2.30. The zero-order chi connectivity index (χ0) is 9.73. The van der Waals surface area contributed by atoms with Gasteiger partial charge in [-0.2, -0.15) is 0 Å². The minimum absolute atomic E-state index is 0.241. The SMILES string of the molecule is C[C@@]1(CCCCO)CCCC(=O)C1. The molecule has 2 heteroatoms. The molecule has 1 atom stereocenters. The Bertz CT molecular complexity index is 177. The van der Waals surface area contributed by atoms with E-state index in [9.17, 15) is 4.79 Å². The van der Waals surface area contributed by atoms with E-state index in [4.69, 9.17) is 5.11 Å². The molecule has 0 amide bonds. The zero-order valence-corrected chi connectivity index (χ0v) is 8.51. The first-order valence-corrected chi connectivity index (χ1v) is 5.29. The quantitative estimate of drug-likeness (QED) is 0.681. The Kier molecular flexibility index (Phi) is 3.91. The Morgan fingerprint density at radius 2 is 2.23 bits per heavy atom. The Labute approximate surface area is 80.3 Å². The minimum Gasteiger partial charge on any atom is -0.396 e. The van der Waals surface area contributed by atoms with E-state index in [2.05, 4.69) is 6.92 Å². The van der Waals surface area contributed by atoms with Crippen LogP contribution in [0.5, 0.6) is 0 Å². The predicted octanol–water partition coefficient (Wildman–Crippen LogP) is 2.30. The molecular weight excluding hydrogens is 164 g/mol. The lowest BCUT2D eigenvalue weighted by Gasteiger charge is -2.32. The first-order chi connectivity index (χ1) is 6.16. The van der Waals surface area contributed by atoms with E-state index in [0.717, 1.165) is 38.5 Å². The third-order valence-corrected chi connectivity index (χ3v) is 3.05. The molecule has 0 aromatic rings. The van der Waals surface area contributed by atoms with Gasteiger partial charge in [0.15, 0.2) is 0 Å². The van der Waals surface area contributed by atoms with Gasteiger partial charge in [-0.3, -0.25) is 4.79 Å². The maximum atomic E-state index is 11.3. The molecular formula is C11H20O2. The molecule has 1 aliphatic rings. The number of rotatable bonds is 4. The maximum absolute atomic E-state index is 11.3. The minimum atomic E-state index is 0.241. The smallest absolute Gasteiger partial charge is 0.133 e. The summed E-state index contributed by atoms with van der Waals surface area (Å²) in [5.74, 6) is 0.428. The average molecular weight is 184 g/mol. The third kappa shape index (κ3) is 3.47. The van der Waals surface area contributed by atoms with Gasteiger partial charge in [0.25, 0.3) is 0 Å². The fourth-order valence-electron chi connectivity index (χ4n) is 2.24. The number of unbranched alkanes of at least 4 members (excludes halogenated alkanes) is 1. The van der Waals surface area contributed by atoms with Crippen LogP contribution in [-0.2, 0) is 4.79 Å². The number of ketones is 1. The Balaban J connectivity index is 2.31. The molecule has 2 nitrogen and oxygen atoms in total. The molecule has 0 aromatic heterocycles. The number of aliphatic hydroxyl groups excluding tert-OH is 1. The molecule has 0 unspecified atom stereocenters. The molecule has 0 spiro atoms. The number of carbonyl (C=O) groups excluding carboxylic acids is 1. The lowest BCUT2D eigenvalue weighted by atomic mass is 9.72. The van der Waals surface area contributed by atoms with E-state index in [1.165, 1.54) is 6.42 Å². The largest absolute Gasteiger partial charge is 0.396 e. The van der Waals surface area contributed by atoms with Crippen LogP contribution in [0, 0.1) is 5.41 Å². The fourth-order valence-corrected chi connectivity index (χ4v) is 2.24. The van der Waals surface area contributed by atoms with Gasteiger partial charge in [-0.1, -0.05) is 13.3 Å². The van der Waals surface area contributed by atoms with Gasteiger partial charge < -0.3 is 5.11 Å². The maximum Gasteiger partial charge on any atom is 0.133 e. The van der Waals surface area contributed by atoms with E-state index >= 15 is 0 Å². The van der Waals surface area contributed by atoms with Crippen molar-refractivity contribution in [2.45, 2.75) is 51.9 Å². The molecule has 1 N–H and O–H groups in total. The van der Waals surface area contributed by atoms with E-state index in [1.54, 1.807) is 0 Å². The molecule has 0 aliphatic heterocycles. The van der Waals surface area contributed by atoms with Gasteiger partial charge in [0.1, 0.15) is 5.78 Å². The molecule has 1 saturated carbocycles. The molecule has 0 bridgehead atoms. The number of carbonyl (C=O) groups is 1. The van der Waals surface area contributed by atoms with Gasteiger partial charge in [-0.25, -0.2) is 0 Å². The van der Waals surface area contributed by atoms with Crippen LogP contribution in [0.15, 0.2) is 0 Å². The van der Waals surface area contributed by atoms with Gasteiger partial charge in [0.2, 0.25) is 0 Å². The standard InChI is InChI=1S/C11H20O2/c1-11(6-2-3-8-12)7-4-5-10(13)9-11/h12H,2-9H2,1H3/t11-/m1/s1. The van der Waals surface area contributed by atoms with Gasteiger partial charge in [0.05, 0.1) is 0 Å². The van der Waals surface area contributed by atoms with Crippen molar-refractivity contribution in [2.75, 3.05) is 6.61 Å². The molecule has 0 saturated heterocycles. The number of aliphatic hydroxyl groups is 1. The average Bonchev–Trinajstić information content (AvgIpc) is 2.04. The highest BCUT2D eigenvalue weighted by Crippen LogP contribution is 2.38. The summed E-state index contributed by atoms with van der Waals surface area (Å²) in [6.45, 7) is 2.49. The topological polar surface area (TPSA) is 37.3 Å². The van der Waals surface area contributed by atoms with Crippen LogP contribution in [0.2, 0.25) is 0 Å². The van der Waals surface area contributed by atoms with Crippen molar-refractivity contribution in [2.24, 2.45) is 5.41 Å². The molecule has 1 rings (SSSR count). The normalized spacial score (nSPS) is 29.2. The van der Waals surface area contributed by atoms with Crippen LogP contribution in [-0.4, -0.2) is 17.5 Å². The number of Topliss-reactive ketones (excluding diaryl/α,β-unsaturated/α-hetero) is 1. The van der Waals surface area contributed by atoms with Crippen molar-refractivity contribution >= 4 is 5.78 Å². The Morgan fingerprint density at radius 1 is 1.46 bits per heavy atom. The first kappa shape index (κ1) is 10.7. The van der Waals surface area contributed by atoms with Crippen molar-refractivity contribution in [3.63, 3.8) is 0 Å². The van der Waals surface area contributed by atoms with Crippen molar-refractivity contribution in [1.29, 1.82) is 0 Å². The van der Waals surface area contributed by atoms with E-state index in [0.29, 0.717) is 5.78 Å². The lowest BCUT2D eigenvalue weighted by Crippen LogP contribution is -2.25. The van der Waals surface area contributed by atoms with Crippen LogP contribution in [0.4, 0.5) is 0 Å². The van der Waals surface area contributed by atoms with Gasteiger partial charge in [0, 0.05) is 19.4 Å². The fraction of sp³-hybridized carbons (Fsp3) is 0.909. The second-order valence-electron chi connectivity index (χ2n) is 4.56. The highest BCUT2D eigenvalue weighted by molar-refractivity contribution is 5.79. The van der Waals surface area contributed by atoms with Crippen LogP contribution < -0.4 is 0 Å². The summed E-state index contributed by atoms with van der Waals surface area (Å²) in [4.78, 5) is 11.3. The predicted molar refractivity (Wildman–Crippen MR) is 52.5 cm³/mol. The first-order valence-electron chi connectivity index (χ1n) is 5.29. The summed E-state index contributed by atoms with van der Waals surface area (Å²) < 4.78 is 0. The highest BCUT2D eigenvalue weighted by atomic mass is 16.2. The molecule has 0 heterocycles. The van der Waals surface area contributed by atoms with Crippen LogP contribution in [0.1, 0.15) is 51.9 Å². The molecule has 13 heavy (non-hydrogen) atoms. The summed E-state index contributed by atoms with van der Waals surface area (Å²) in [6.07, 6.45) is 6.83. The number of hydrogen-bond acceptors (Lipinski definition) is 2. The summed E-state index contributed by atoms with van der Waals surface area (Å²) >= 11 is 0. The Morgan fingerprint density at radius 3 is 2.85 bits per heavy atom. The van der Waals surface area contributed by atoms with Crippen molar-refractivity contribution in [3.8, 4) is 0 Å². The van der Waals surface area contributed by atoms with Crippen LogP contribution in [0.3, 0.4) is 0 Å². The number of hydrogen-bond donors (Lipinski definition) is 1. The van der Waals surface area contributed by atoms with Gasteiger partial charge in [-0.15, -0.1) is 0 Å². The monoisotopic (exact) mass is 184 g/mol. The molecule has 1 fully saturated rings. The van der Waals surface area contributed by atoms with Crippen LogP contribution >= 0.6 is 0 Å². The van der Waals surface area contributed by atoms with E-state index in [-0.39, 0.29) is 12.0 Å². The van der Waals surface area contributed by atoms with Crippen molar-refractivity contribution < 1.29 is 9.90 Å². The third-order valence-electron chi connectivity index (χ3n) is 3.05. The molecule has 1 aliphatic carbocycles. The van der Waals surface area contributed by atoms with Gasteiger partial charge >= 0.3 is 0 Å². The van der Waals surface area contributed by atoms with Crippen molar-refractivity contribution in [1.82, 2.24) is 0 Å². The second-order valence-corrected chi connectivity index (χ2v) is 4.56. The Hall–Kier alpha value is -0.370. The second kappa shape index (κ2) is 4.75.